The second-order valence-corrected chi connectivity index (χ2v) is 5.29. The molecular formula is C17H24N6O2. The van der Waals surface area contributed by atoms with Gasteiger partial charge in [0.1, 0.15) is 5.82 Å². The second-order valence-electron chi connectivity index (χ2n) is 5.29. The van der Waals surface area contributed by atoms with Gasteiger partial charge in [0.15, 0.2) is 11.6 Å². The van der Waals surface area contributed by atoms with Crippen molar-refractivity contribution >= 4 is 29.3 Å². The van der Waals surface area contributed by atoms with E-state index in [-0.39, 0.29) is 5.82 Å². The zero-order chi connectivity index (χ0) is 18.1. The van der Waals surface area contributed by atoms with Crippen molar-refractivity contribution in [1.82, 2.24) is 9.88 Å². The van der Waals surface area contributed by atoms with Crippen LogP contribution in [-0.2, 0) is 4.74 Å². The lowest BCUT2D eigenvalue weighted by atomic mass is 10.3. The predicted molar refractivity (Wildman–Crippen MR) is 101 cm³/mol. The summed E-state index contributed by atoms with van der Waals surface area (Å²) in [7, 11) is 1.54. The fourth-order valence-electron chi connectivity index (χ4n) is 2.04. The minimum atomic E-state index is 0.255. The molecule has 0 radical (unpaired) electrons. The summed E-state index contributed by atoms with van der Waals surface area (Å²) in [4.78, 5) is 10.4. The first-order valence-electron chi connectivity index (χ1n) is 7.86. The Hall–Kier alpha value is -3.00. The number of methoxy groups -OCH3 is 1. The van der Waals surface area contributed by atoms with Gasteiger partial charge >= 0.3 is 0 Å². The van der Waals surface area contributed by atoms with Gasteiger partial charge in [0, 0.05) is 24.8 Å². The SMILES string of the molecule is COc1cc(N)c(N)nc1/N=C/N1CCOCC1.Nc1ccccc1. The summed E-state index contributed by atoms with van der Waals surface area (Å²) in [5.74, 6) is 1.19. The Morgan fingerprint density at radius 3 is 2.40 bits per heavy atom. The van der Waals surface area contributed by atoms with E-state index >= 15 is 0 Å². The van der Waals surface area contributed by atoms with Crippen molar-refractivity contribution in [2.24, 2.45) is 4.99 Å². The average Bonchev–Trinajstić information content (AvgIpc) is 2.64. The minimum absolute atomic E-state index is 0.255. The van der Waals surface area contributed by atoms with Crippen molar-refractivity contribution in [2.45, 2.75) is 0 Å². The Labute approximate surface area is 147 Å². The van der Waals surface area contributed by atoms with Crippen molar-refractivity contribution in [3.05, 3.63) is 36.4 Å². The molecule has 2 heterocycles. The first-order valence-corrected chi connectivity index (χ1v) is 7.86. The fourth-order valence-corrected chi connectivity index (χ4v) is 2.04. The Morgan fingerprint density at radius 2 is 1.84 bits per heavy atom. The van der Waals surface area contributed by atoms with E-state index in [1.165, 1.54) is 0 Å². The summed E-state index contributed by atoms with van der Waals surface area (Å²) in [6.45, 7) is 3.05. The Kier molecular flexibility index (Phi) is 6.85. The third-order valence-corrected chi connectivity index (χ3v) is 3.44. The fraction of sp³-hybridized carbons (Fsp3) is 0.294. The van der Waals surface area contributed by atoms with Crippen LogP contribution in [0.1, 0.15) is 0 Å². The average molecular weight is 344 g/mol. The highest BCUT2D eigenvalue weighted by Gasteiger charge is 2.09. The first kappa shape index (κ1) is 18.3. The molecule has 1 aromatic carbocycles. The molecule has 0 bridgehead atoms. The van der Waals surface area contributed by atoms with E-state index in [4.69, 9.17) is 26.7 Å². The van der Waals surface area contributed by atoms with Gasteiger partial charge in [-0.15, -0.1) is 0 Å². The molecular weight excluding hydrogens is 320 g/mol. The Bertz CT molecular complexity index is 687. The third-order valence-electron chi connectivity index (χ3n) is 3.44. The van der Waals surface area contributed by atoms with E-state index in [1.807, 2.05) is 30.3 Å². The van der Waals surface area contributed by atoms with Crippen LogP contribution in [0.2, 0.25) is 0 Å². The van der Waals surface area contributed by atoms with Gasteiger partial charge in [-0.1, -0.05) is 18.2 Å². The van der Waals surface area contributed by atoms with Crippen LogP contribution in [0.3, 0.4) is 0 Å². The van der Waals surface area contributed by atoms with E-state index in [9.17, 15) is 0 Å². The molecule has 6 N–H and O–H groups in total. The van der Waals surface area contributed by atoms with Crippen molar-refractivity contribution < 1.29 is 9.47 Å². The third kappa shape index (κ3) is 5.85. The van der Waals surface area contributed by atoms with Gasteiger partial charge in [0.2, 0.25) is 0 Å². The van der Waals surface area contributed by atoms with Crippen molar-refractivity contribution in [2.75, 3.05) is 50.6 Å². The second kappa shape index (κ2) is 9.33. The molecule has 0 unspecified atom stereocenters. The molecule has 1 aromatic heterocycles. The smallest absolute Gasteiger partial charge is 0.198 e. The molecule has 0 spiro atoms. The molecule has 8 nitrogen and oxygen atoms in total. The highest BCUT2D eigenvalue weighted by molar-refractivity contribution is 5.70. The molecule has 0 aliphatic carbocycles. The highest BCUT2D eigenvalue weighted by Crippen LogP contribution is 2.29. The van der Waals surface area contributed by atoms with Gasteiger partial charge in [-0.05, 0) is 12.1 Å². The van der Waals surface area contributed by atoms with E-state index in [0.717, 1.165) is 18.8 Å². The molecule has 3 rings (SSSR count). The summed E-state index contributed by atoms with van der Waals surface area (Å²) in [5, 5.41) is 0. The number of anilines is 3. The number of aromatic nitrogens is 1. The number of nitrogens with zero attached hydrogens (tertiary/aromatic N) is 3. The molecule has 2 aromatic rings. The molecule has 1 saturated heterocycles. The van der Waals surface area contributed by atoms with Crippen molar-refractivity contribution in [3.8, 4) is 5.75 Å². The van der Waals surface area contributed by atoms with Gasteiger partial charge in [0.25, 0.3) is 0 Å². The first-order chi connectivity index (χ1) is 12.1. The largest absolute Gasteiger partial charge is 0.493 e. The molecule has 134 valence electrons. The van der Waals surface area contributed by atoms with E-state index in [0.29, 0.717) is 30.5 Å². The zero-order valence-corrected chi connectivity index (χ0v) is 14.3. The van der Waals surface area contributed by atoms with E-state index in [2.05, 4.69) is 14.9 Å². The monoisotopic (exact) mass is 344 g/mol. The number of pyridine rings is 1. The number of ether oxygens (including phenoxy) is 2. The highest BCUT2D eigenvalue weighted by atomic mass is 16.5. The number of hydrogen-bond donors (Lipinski definition) is 3. The Balaban J connectivity index is 0.000000269. The quantitative estimate of drug-likeness (QED) is 0.438. The summed E-state index contributed by atoms with van der Waals surface area (Å²) in [6, 6.07) is 11.1. The van der Waals surface area contributed by atoms with E-state index in [1.54, 1.807) is 19.5 Å². The number of para-hydroxylation sites is 1. The Morgan fingerprint density at radius 1 is 1.16 bits per heavy atom. The molecule has 1 fully saturated rings. The van der Waals surface area contributed by atoms with Crippen LogP contribution in [0.4, 0.5) is 23.0 Å². The maximum Gasteiger partial charge on any atom is 0.198 e. The number of morpholine rings is 1. The molecule has 8 heteroatoms. The summed E-state index contributed by atoms with van der Waals surface area (Å²) in [5.41, 5.74) is 17.9. The molecule has 0 amide bonds. The summed E-state index contributed by atoms with van der Waals surface area (Å²) >= 11 is 0. The standard InChI is InChI=1S/C11H17N5O2.C6H7N/c1-17-9-6-8(12)10(13)15-11(9)14-7-16-2-4-18-5-3-16;7-6-4-2-1-3-5-6/h6-7H,2-5,12H2,1H3,(H2,13,15);1-5H,7H2/b14-7+;. The maximum atomic E-state index is 5.66. The number of rotatable bonds is 3. The number of benzene rings is 1. The van der Waals surface area contributed by atoms with Gasteiger partial charge in [-0.3, -0.25) is 0 Å². The van der Waals surface area contributed by atoms with Crippen LogP contribution in [0.25, 0.3) is 0 Å². The topological polar surface area (TPSA) is 125 Å². The number of nitrogen functional groups attached to an aromatic ring is 3. The van der Waals surface area contributed by atoms with Gasteiger partial charge in [-0.2, -0.15) is 0 Å². The molecule has 1 aliphatic rings. The van der Waals surface area contributed by atoms with Gasteiger partial charge in [-0.25, -0.2) is 9.98 Å². The van der Waals surface area contributed by atoms with Crippen LogP contribution in [0.5, 0.6) is 5.75 Å². The zero-order valence-electron chi connectivity index (χ0n) is 14.3. The molecule has 1 aliphatic heterocycles. The van der Waals surface area contributed by atoms with E-state index < -0.39 is 0 Å². The normalized spacial score (nSPS) is 14.0. The van der Waals surface area contributed by atoms with Crippen LogP contribution < -0.4 is 21.9 Å². The summed E-state index contributed by atoms with van der Waals surface area (Å²) in [6.07, 6.45) is 1.73. The number of aliphatic imine (C=N–C) groups is 1. The van der Waals surface area contributed by atoms with Crippen LogP contribution in [-0.4, -0.2) is 49.6 Å². The number of hydrogen-bond acceptors (Lipinski definition) is 7. The molecule has 0 atom stereocenters. The summed E-state index contributed by atoms with van der Waals surface area (Å²) < 4.78 is 10.4. The minimum Gasteiger partial charge on any atom is -0.493 e. The molecule has 0 saturated carbocycles. The predicted octanol–water partition coefficient (Wildman–Crippen LogP) is 1.52. The van der Waals surface area contributed by atoms with Gasteiger partial charge in [0.05, 0.1) is 32.3 Å². The lowest BCUT2D eigenvalue weighted by Crippen LogP contribution is -2.35. The molecule has 25 heavy (non-hydrogen) atoms. The van der Waals surface area contributed by atoms with Crippen LogP contribution >= 0.6 is 0 Å². The number of nitrogens with two attached hydrogens (primary N) is 3. The van der Waals surface area contributed by atoms with Crippen molar-refractivity contribution in [1.29, 1.82) is 0 Å². The lowest BCUT2D eigenvalue weighted by molar-refractivity contribution is 0.0701. The van der Waals surface area contributed by atoms with Gasteiger partial charge < -0.3 is 31.6 Å². The lowest BCUT2D eigenvalue weighted by Gasteiger charge is -2.24. The van der Waals surface area contributed by atoms with Crippen LogP contribution in [0, 0.1) is 0 Å². The maximum absolute atomic E-state index is 5.66. The van der Waals surface area contributed by atoms with Crippen LogP contribution in [0.15, 0.2) is 41.4 Å². The van der Waals surface area contributed by atoms with Crippen molar-refractivity contribution in [3.63, 3.8) is 0 Å².